The number of aliphatic imine (C=N–C) groups is 1. The number of carbonyl (C=O) groups excluding carboxylic acids is 1. The summed E-state index contributed by atoms with van der Waals surface area (Å²) in [6.07, 6.45) is 14.0. The summed E-state index contributed by atoms with van der Waals surface area (Å²) in [5.41, 5.74) is 7.34. The highest BCUT2D eigenvalue weighted by Crippen LogP contribution is 2.55. The molecule has 3 saturated heterocycles. The Bertz CT molecular complexity index is 1480. The van der Waals surface area contributed by atoms with Crippen molar-refractivity contribution in [2.75, 3.05) is 6.54 Å². The summed E-state index contributed by atoms with van der Waals surface area (Å²) in [6, 6.07) is 0. The highest BCUT2D eigenvalue weighted by molar-refractivity contribution is 5.92. The van der Waals surface area contributed by atoms with Crippen LogP contribution in [0.4, 0.5) is 0 Å². The zero-order chi connectivity index (χ0) is 35.4. The minimum atomic E-state index is -1.26. The minimum absolute atomic E-state index is 0.00632. The number of nitrogens with zero attached hydrogens (tertiary/aromatic N) is 1. The monoisotopic (exact) mass is 691 g/mol. The Labute approximate surface area is 299 Å². The fourth-order valence-corrected chi connectivity index (χ4v) is 10.6. The topological polar surface area (TPSA) is 107 Å². The highest BCUT2D eigenvalue weighted by atomic mass is 16.8. The van der Waals surface area contributed by atoms with Crippen molar-refractivity contribution in [2.45, 2.75) is 173 Å². The van der Waals surface area contributed by atoms with Crippen molar-refractivity contribution in [2.24, 2.45) is 28.2 Å². The summed E-state index contributed by atoms with van der Waals surface area (Å²) in [5.74, 6) is -1.24. The fraction of sp³-hybridized carbons (Fsp3) is 0.762. The molecule has 276 valence electrons. The van der Waals surface area contributed by atoms with E-state index in [4.69, 9.17) is 23.9 Å². The summed E-state index contributed by atoms with van der Waals surface area (Å²) in [5, 5.41) is 22.4. The van der Waals surface area contributed by atoms with E-state index in [0.717, 1.165) is 81.9 Å². The Hall–Kier alpha value is -2.10. The zero-order valence-electron chi connectivity index (χ0n) is 31.2. The number of hydrogen-bond donors (Lipinski definition) is 2. The molecule has 6 heterocycles. The van der Waals surface area contributed by atoms with Crippen LogP contribution in [-0.2, 0) is 23.7 Å². The van der Waals surface area contributed by atoms with E-state index in [9.17, 15) is 15.0 Å². The molecule has 7 rings (SSSR count). The highest BCUT2D eigenvalue weighted by Gasteiger charge is 2.59. The van der Waals surface area contributed by atoms with Crippen molar-refractivity contribution >= 4 is 11.7 Å². The first kappa shape index (κ1) is 36.3. The molecule has 2 N–H and O–H groups in total. The molecule has 8 nitrogen and oxygen atoms in total. The molecular formula is C42H61NO7. The van der Waals surface area contributed by atoms with Crippen LogP contribution in [-0.4, -0.2) is 70.5 Å². The van der Waals surface area contributed by atoms with E-state index in [0.29, 0.717) is 37.5 Å². The number of cyclic esters (lactones) is 1. The van der Waals surface area contributed by atoms with Crippen LogP contribution < -0.4 is 0 Å². The first-order valence-electron chi connectivity index (χ1n) is 19.7. The smallest absolute Gasteiger partial charge is 0.331 e. The molecule has 3 fully saturated rings. The first-order valence-corrected chi connectivity index (χ1v) is 19.7. The Morgan fingerprint density at radius 1 is 0.900 bits per heavy atom. The predicted octanol–water partition coefficient (Wildman–Crippen LogP) is 7.83. The average molecular weight is 692 g/mol. The molecule has 7 aliphatic rings. The molecule has 8 heteroatoms. The van der Waals surface area contributed by atoms with Gasteiger partial charge in [-0.05, 0) is 121 Å². The van der Waals surface area contributed by atoms with Gasteiger partial charge in [-0.2, -0.15) is 0 Å². The van der Waals surface area contributed by atoms with Gasteiger partial charge >= 0.3 is 5.97 Å². The Kier molecular flexibility index (Phi) is 10.2. The van der Waals surface area contributed by atoms with Crippen molar-refractivity contribution in [3.63, 3.8) is 0 Å². The molecule has 0 radical (unpaired) electrons. The van der Waals surface area contributed by atoms with Crippen LogP contribution in [0.1, 0.15) is 131 Å². The number of ether oxygens (including phenoxy) is 4. The van der Waals surface area contributed by atoms with Gasteiger partial charge in [-0.3, -0.25) is 4.99 Å². The van der Waals surface area contributed by atoms with E-state index >= 15 is 0 Å². The number of aliphatic hydroxyl groups is 2. The second-order valence-electron chi connectivity index (χ2n) is 17.4. The van der Waals surface area contributed by atoms with E-state index in [1.54, 1.807) is 6.08 Å². The molecule has 0 amide bonds. The second-order valence-corrected chi connectivity index (χ2v) is 17.4. The van der Waals surface area contributed by atoms with E-state index in [1.807, 2.05) is 6.92 Å². The summed E-state index contributed by atoms with van der Waals surface area (Å²) >= 11 is 0. The molecule has 0 aromatic heterocycles. The molecule has 4 bridgehead atoms. The number of fused-ring (bicyclic) bond motifs is 2. The maximum absolute atomic E-state index is 12.4. The third-order valence-electron chi connectivity index (χ3n) is 13.6. The molecule has 6 aliphatic heterocycles. The second kappa shape index (κ2) is 14.0. The van der Waals surface area contributed by atoms with Gasteiger partial charge in [-0.25, -0.2) is 4.79 Å². The Morgan fingerprint density at radius 3 is 2.50 bits per heavy atom. The van der Waals surface area contributed by atoms with Crippen LogP contribution in [0.2, 0.25) is 0 Å². The summed E-state index contributed by atoms with van der Waals surface area (Å²) in [7, 11) is 0. The van der Waals surface area contributed by atoms with Gasteiger partial charge in [0.05, 0.1) is 18.3 Å². The number of allylic oxidation sites excluding steroid dienone is 3. The van der Waals surface area contributed by atoms with Crippen molar-refractivity contribution in [1.82, 2.24) is 0 Å². The van der Waals surface area contributed by atoms with Crippen LogP contribution in [0.25, 0.3) is 0 Å². The number of hydrogen-bond acceptors (Lipinski definition) is 8. The minimum Gasteiger partial charge on any atom is -0.450 e. The summed E-state index contributed by atoms with van der Waals surface area (Å²) in [4.78, 5) is 17.9. The van der Waals surface area contributed by atoms with E-state index in [1.165, 1.54) is 22.4 Å². The van der Waals surface area contributed by atoms with Gasteiger partial charge in [0.25, 0.3) is 0 Å². The fourth-order valence-electron chi connectivity index (χ4n) is 10.6. The molecule has 0 aromatic carbocycles. The Morgan fingerprint density at radius 2 is 1.72 bits per heavy atom. The molecule has 3 spiro atoms. The van der Waals surface area contributed by atoms with E-state index < -0.39 is 23.8 Å². The van der Waals surface area contributed by atoms with E-state index in [2.05, 4.69) is 40.3 Å². The number of rotatable bonds is 1. The lowest BCUT2D eigenvalue weighted by Gasteiger charge is -2.52. The lowest BCUT2D eigenvalue weighted by atomic mass is 9.56. The molecule has 0 aromatic rings. The number of aliphatic hydroxyl groups excluding tert-OH is 2. The van der Waals surface area contributed by atoms with E-state index in [-0.39, 0.29) is 42.0 Å². The van der Waals surface area contributed by atoms with Gasteiger partial charge in [-0.15, -0.1) is 0 Å². The largest absolute Gasteiger partial charge is 0.450 e. The quantitative estimate of drug-likeness (QED) is 0.213. The maximum atomic E-state index is 12.4. The van der Waals surface area contributed by atoms with Crippen LogP contribution in [0.15, 0.2) is 51.6 Å². The third kappa shape index (κ3) is 6.89. The van der Waals surface area contributed by atoms with Gasteiger partial charge in [0.2, 0.25) is 0 Å². The van der Waals surface area contributed by atoms with Crippen LogP contribution in [0, 0.1) is 23.2 Å². The third-order valence-corrected chi connectivity index (χ3v) is 13.6. The average Bonchev–Trinajstić information content (AvgIpc) is 3.57. The lowest BCUT2D eigenvalue weighted by Crippen LogP contribution is -2.63. The molecule has 0 saturated carbocycles. The van der Waals surface area contributed by atoms with Gasteiger partial charge in [0.15, 0.2) is 11.6 Å². The standard InChI is InChI=1S/C42H61NO7/c1-25-8-7-9-36-40(21-28(4)29(5)24-43-36)16-15-34(39-27(3)20-38(46)47-39)30(6)35(40)19-26(2)10-11-32-14-17-41(48-32)22-31(44)23-42(50-41)37(45)13-12-33(18-25)49-42/h19-20,28-29,31-33,35,37,39,44-45H,1,7-18,21-24H2,2-6H3/b26-19+/t28-,29+,31+,32-,33-,35+,37-,39-,40-,41-,42+/m0/s1. The van der Waals surface area contributed by atoms with Crippen LogP contribution in [0.3, 0.4) is 0 Å². The van der Waals surface area contributed by atoms with Gasteiger partial charge in [0.1, 0.15) is 12.2 Å². The van der Waals surface area contributed by atoms with Gasteiger partial charge < -0.3 is 29.2 Å². The molecule has 11 atom stereocenters. The van der Waals surface area contributed by atoms with Crippen LogP contribution >= 0.6 is 0 Å². The van der Waals surface area contributed by atoms with Gasteiger partial charge in [-0.1, -0.05) is 43.2 Å². The van der Waals surface area contributed by atoms with Gasteiger partial charge in [0, 0.05) is 48.9 Å². The summed E-state index contributed by atoms with van der Waals surface area (Å²) in [6.45, 7) is 16.7. The number of carbonyl (C=O) groups is 1. The normalized spacial score (nSPS) is 45.8. The van der Waals surface area contributed by atoms with Crippen molar-refractivity contribution in [3.8, 4) is 0 Å². The molecular weight excluding hydrogens is 630 g/mol. The van der Waals surface area contributed by atoms with Crippen molar-refractivity contribution < 1.29 is 34.0 Å². The van der Waals surface area contributed by atoms with Crippen molar-refractivity contribution in [3.05, 3.63) is 46.6 Å². The number of esters is 1. The van der Waals surface area contributed by atoms with Crippen LogP contribution in [0.5, 0.6) is 0 Å². The predicted molar refractivity (Wildman–Crippen MR) is 193 cm³/mol. The lowest BCUT2D eigenvalue weighted by molar-refractivity contribution is -0.425. The molecule has 1 aliphatic carbocycles. The maximum Gasteiger partial charge on any atom is 0.331 e. The SMILES string of the molecule is C=C1CCCC2=NC[C@@H](C)[C@@H](C)C[C@]23CCC([C@H]2OC(=O)C=C2C)=C(C)[C@H]3/C=C(\C)CC[C@H]2CC[C@]3(C[C@@H](O)C[C@@]4(O[C@@H](CC[C@@H]4O)C1)O3)O2. The zero-order valence-corrected chi connectivity index (χ0v) is 31.2. The van der Waals surface area contributed by atoms with Crippen molar-refractivity contribution in [1.29, 1.82) is 0 Å². The Balaban J connectivity index is 1.25. The summed E-state index contributed by atoms with van der Waals surface area (Å²) < 4.78 is 26.0. The molecule has 0 unspecified atom stereocenters. The molecule has 50 heavy (non-hydrogen) atoms. The first-order chi connectivity index (χ1) is 23.8.